The predicted octanol–water partition coefficient (Wildman–Crippen LogP) is 3.86. The van der Waals surface area contributed by atoms with Gasteiger partial charge in [-0.15, -0.1) is 24.0 Å². The number of aromatic nitrogens is 2. The van der Waals surface area contributed by atoms with Gasteiger partial charge in [0.15, 0.2) is 5.96 Å². The van der Waals surface area contributed by atoms with Crippen molar-refractivity contribution >= 4 is 41.0 Å². The van der Waals surface area contributed by atoms with E-state index in [0.29, 0.717) is 6.61 Å². The van der Waals surface area contributed by atoms with Gasteiger partial charge in [0, 0.05) is 33.8 Å². The van der Waals surface area contributed by atoms with Crippen LogP contribution in [0.1, 0.15) is 23.4 Å². The highest BCUT2D eigenvalue weighted by Gasteiger charge is 2.06. The normalized spacial score (nSPS) is 11.3. The number of hydrogen-bond donors (Lipinski definition) is 2. The number of aryl methyl sites for hydroxylation is 2. The van der Waals surface area contributed by atoms with Gasteiger partial charge >= 0.3 is 0 Å². The number of methoxy groups -OCH3 is 1. The molecule has 0 saturated heterocycles. The first kappa shape index (κ1) is 23.2. The van der Waals surface area contributed by atoms with Gasteiger partial charge in [0.2, 0.25) is 0 Å². The first-order valence-electron chi connectivity index (χ1n) is 9.64. The molecule has 1 aromatic heterocycles. The quantitative estimate of drug-likeness (QED) is 0.210. The minimum absolute atomic E-state index is 0. The van der Waals surface area contributed by atoms with E-state index in [-0.39, 0.29) is 24.0 Å². The molecule has 0 aliphatic rings. The van der Waals surface area contributed by atoms with Crippen LogP contribution in [0.4, 0.5) is 0 Å². The standard InChI is InChI=1S/C22H29N5O.HI/c1-17-26-20-7-4-5-8-21(20)27(17)14-6-13-24-22(23-2)25-15-18-9-11-19(12-10-18)16-28-3;/h4-5,7-12H,6,13-16H2,1-3H3,(H2,23,24,25);1H. The molecule has 0 fully saturated rings. The Labute approximate surface area is 189 Å². The number of halogens is 1. The van der Waals surface area contributed by atoms with Crippen LogP contribution >= 0.6 is 24.0 Å². The largest absolute Gasteiger partial charge is 0.380 e. The van der Waals surface area contributed by atoms with E-state index in [4.69, 9.17) is 4.74 Å². The molecule has 2 aromatic carbocycles. The van der Waals surface area contributed by atoms with Gasteiger partial charge in [0.25, 0.3) is 0 Å². The number of para-hydroxylation sites is 2. The summed E-state index contributed by atoms with van der Waals surface area (Å²) in [5.74, 6) is 1.87. The minimum Gasteiger partial charge on any atom is -0.380 e. The molecular weight excluding hydrogens is 477 g/mol. The van der Waals surface area contributed by atoms with Gasteiger partial charge in [0.1, 0.15) is 5.82 Å². The van der Waals surface area contributed by atoms with Crippen molar-refractivity contribution in [1.82, 2.24) is 20.2 Å². The van der Waals surface area contributed by atoms with Crippen LogP contribution in [0.15, 0.2) is 53.5 Å². The molecule has 156 valence electrons. The molecule has 0 bridgehead atoms. The topological polar surface area (TPSA) is 63.5 Å². The fourth-order valence-corrected chi connectivity index (χ4v) is 3.25. The van der Waals surface area contributed by atoms with E-state index in [9.17, 15) is 0 Å². The van der Waals surface area contributed by atoms with Crippen LogP contribution in [0.3, 0.4) is 0 Å². The van der Waals surface area contributed by atoms with E-state index in [1.807, 2.05) is 6.07 Å². The summed E-state index contributed by atoms with van der Waals surface area (Å²) in [7, 11) is 3.51. The second-order valence-corrected chi connectivity index (χ2v) is 6.75. The summed E-state index contributed by atoms with van der Waals surface area (Å²) in [5.41, 5.74) is 4.64. The zero-order valence-corrected chi connectivity index (χ0v) is 19.6. The summed E-state index contributed by atoms with van der Waals surface area (Å²) in [4.78, 5) is 8.93. The van der Waals surface area contributed by atoms with E-state index in [1.165, 1.54) is 16.6 Å². The third kappa shape index (κ3) is 6.43. The average molecular weight is 507 g/mol. The van der Waals surface area contributed by atoms with Gasteiger partial charge < -0.3 is 19.9 Å². The molecule has 2 N–H and O–H groups in total. The second kappa shape index (κ2) is 11.8. The van der Waals surface area contributed by atoms with E-state index in [0.717, 1.165) is 43.4 Å². The molecule has 0 saturated carbocycles. The number of fused-ring (bicyclic) bond motifs is 1. The number of hydrogen-bond acceptors (Lipinski definition) is 3. The Balaban J connectivity index is 0.00000300. The highest BCUT2D eigenvalue weighted by molar-refractivity contribution is 14.0. The number of nitrogens with zero attached hydrogens (tertiary/aromatic N) is 3. The number of rotatable bonds is 8. The molecule has 3 aromatic rings. The summed E-state index contributed by atoms with van der Waals surface area (Å²) >= 11 is 0. The van der Waals surface area contributed by atoms with Crippen molar-refractivity contribution in [3.8, 4) is 0 Å². The number of nitrogens with one attached hydrogen (secondary N) is 2. The van der Waals surface area contributed by atoms with E-state index >= 15 is 0 Å². The summed E-state index contributed by atoms with van der Waals surface area (Å²) in [6.45, 7) is 5.21. The van der Waals surface area contributed by atoms with Gasteiger partial charge in [0.05, 0.1) is 17.6 Å². The molecule has 0 radical (unpaired) electrons. The lowest BCUT2D eigenvalue weighted by Crippen LogP contribution is -2.37. The summed E-state index contributed by atoms with van der Waals surface area (Å²) in [5, 5.41) is 6.75. The summed E-state index contributed by atoms with van der Waals surface area (Å²) in [6, 6.07) is 16.7. The molecule has 0 unspecified atom stereocenters. The highest BCUT2D eigenvalue weighted by Crippen LogP contribution is 2.15. The predicted molar refractivity (Wildman–Crippen MR) is 130 cm³/mol. The van der Waals surface area contributed by atoms with Crippen LogP contribution in [-0.2, 0) is 24.4 Å². The first-order valence-corrected chi connectivity index (χ1v) is 9.64. The van der Waals surface area contributed by atoms with Crippen molar-refractivity contribution in [3.63, 3.8) is 0 Å². The molecule has 0 atom stereocenters. The van der Waals surface area contributed by atoms with Crippen molar-refractivity contribution in [3.05, 3.63) is 65.5 Å². The zero-order chi connectivity index (χ0) is 19.8. The first-order chi connectivity index (χ1) is 13.7. The van der Waals surface area contributed by atoms with E-state index in [2.05, 4.69) is 74.6 Å². The third-order valence-corrected chi connectivity index (χ3v) is 4.71. The fraction of sp³-hybridized carbons (Fsp3) is 0.364. The Morgan fingerprint density at radius 3 is 2.52 bits per heavy atom. The van der Waals surface area contributed by atoms with Crippen LogP contribution in [0.25, 0.3) is 11.0 Å². The molecule has 0 aliphatic heterocycles. The van der Waals surface area contributed by atoms with Gasteiger partial charge in [-0.25, -0.2) is 4.98 Å². The molecule has 1 heterocycles. The number of benzene rings is 2. The number of imidazole rings is 1. The van der Waals surface area contributed by atoms with Crippen LogP contribution in [0.5, 0.6) is 0 Å². The smallest absolute Gasteiger partial charge is 0.191 e. The zero-order valence-electron chi connectivity index (χ0n) is 17.3. The van der Waals surface area contributed by atoms with Crippen LogP contribution in [-0.4, -0.2) is 36.2 Å². The van der Waals surface area contributed by atoms with Gasteiger partial charge in [-0.3, -0.25) is 4.99 Å². The number of guanidine groups is 1. The van der Waals surface area contributed by atoms with Crippen molar-refractivity contribution in [2.24, 2.45) is 4.99 Å². The Morgan fingerprint density at radius 1 is 1.07 bits per heavy atom. The number of aliphatic imine (C=N–C) groups is 1. The van der Waals surface area contributed by atoms with Crippen LogP contribution in [0.2, 0.25) is 0 Å². The molecular formula is C22H30IN5O. The van der Waals surface area contributed by atoms with Gasteiger partial charge in [-0.05, 0) is 36.6 Å². The van der Waals surface area contributed by atoms with Crippen molar-refractivity contribution in [1.29, 1.82) is 0 Å². The van der Waals surface area contributed by atoms with Crippen molar-refractivity contribution in [2.45, 2.75) is 33.0 Å². The van der Waals surface area contributed by atoms with Crippen molar-refractivity contribution < 1.29 is 4.74 Å². The lowest BCUT2D eigenvalue weighted by molar-refractivity contribution is 0.185. The second-order valence-electron chi connectivity index (χ2n) is 6.75. The summed E-state index contributed by atoms with van der Waals surface area (Å²) < 4.78 is 7.42. The molecule has 0 aliphatic carbocycles. The summed E-state index contributed by atoms with van der Waals surface area (Å²) in [6.07, 6.45) is 0.994. The Kier molecular flexibility index (Phi) is 9.40. The van der Waals surface area contributed by atoms with Gasteiger partial charge in [-0.1, -0.05) is 36.4 Å². The maximum absolute atomic E-state index is 5.15. The Bertz CT molecular complexity index is 921. The number of ether oxygens (including phenoxy) is 1. The maximum Gasteiger partial charge on any atom is 0.191 e. The average Bonchev–Trinajstić information content (AvgIpc) is 3.04. The fourth-order valence-electron chi connectivity index (χ4n) is 3.25. The van der Waals surface area contributed by atoms with Crippen LogP contribution < -0.4 is 10.6 Å². The molecule has 29 heavy (non-hydrogen) atoms. The molecule has 0 spiro atoms. The van der Waals surface area contributed by atoms with Crippen molar-refractivity contribution in [2.75, 3.05) is 20.7 Å². The SMILES string of the molecule is CN=C(NCCCn1c(C)nc2ccccc21)NCc1ccc(COC)cc1.I. The minimum atomic E-state index is 0. The van der Waals surface area contributed by atoms with E-state index < -0.39 is 0 Å². The Hall–Kier alpha value is -2.13. The maximum atomic E-state index is 5.15. The molecule has 3 rings (SSSR count). The third-order valence-electron chi connectivity index (χ3n) is 4.71. The van der Waals surface area contributed by atoms with Crippen LogP contribution in [0, 0.1) is 6.92 Å². The monoisotopic (exact) mass is 507 g/mol. The molecule has 6 nitrogen and oxygen atoms in total. The Morgan fingerprint density at radius 2 is 1.79 bits per heavy atom. The van der Waals surface area contributed by atoms with Gasteiger partial charge in [-0.2, -0.15) is 0 Å². The molecule has 7 heteroatoms. The van der Waals surface area contributed by atoms with E-state index in [1.54, 1.807) is 14.2 Å². The highest BCUT2D eigenvalue weighted by atomic mass is 127. The lowest BCUT2D eigenvalue weighted by Gasteiger charge is -2.13. The lowest BCUT2D eigenvalue weighted by atomic mass is 10.1. The molecule has 0 amide bonds.